The van der Waals surface area contributed by atoms with Crippen LogP contribution in [-0.4, -0.2) is 27.5 Å². The van der Waals surface area contributed by atoms with Crippen LogP contribution in [-0.2, 0) is 14.8 Å². The molecule has 0 unspecified atom stereocenters. The molecule has 21 heavy (non-hydrogen) atoms. The third-order valence-electron chi connectivity index (χ3n) is 3.46. The predicted octanol–water partition coefficient (Wildman–Crippen LogP) is 1.73. The molecule has 1 saturated carbocycles. The van der Waals surface area contributed by atoms with Crippen molar-refractivity contribution in [3.8, 4) is 5.75 Å². The van der Waals surface area contributed by atoms with E-state index < -0.39 is 10.0 Å². The third kappa shape index (κ3) is 3.95. The van der Waals surface area contributed by atoms with Gasteiger partial charge in [-0.05, 0) is 43.9 Å². The van der Waals surface area contributed by atoms with Crippen molar-refractivity contribution in [1.29, 1.82) is 0 Å². The quantitative estimate of drug-likeness (QED) is 0.838. The number of methoxy groups -OCH3 is 1. The van der Waals surface area contributed by atoms with Gasteiger partial charge >= 0.3 is 0 Å². The SMILES string of the molecule is COc1ccc(S(=O)(=O)N[C@@H](C)C2CC2)cc1NC(C)=O. The Hall–Kier alpha value is -1.60. The van der Waals surface area contributed by atoms with Crippen LogP contribution in [0.2, 0.25) is 0 Å². The molecule has 2 N–H and O–H groups in total. The predicted molar refractivity (Wildman–Crippen MR) is 79.8 cm³/mol. The molecule has 0 aromatic heterocycles. The number of rotatable bonds is 6. The monoisotopic (exact) mass is 312 g/mol. The number of ether oxygens (including phenoxy) is 1. The van der Waals surface area contributed by atoms with E-state index >= 15 is 0 Å². The van der Waals surface area contributed by atoms with Crippen LogP contribution < -0.4 is 14.8 Å². The molecule has 2 rings (SSSR count). The van der Waals surface area contributed by atoms with Crippen LogP contribution in [0.5, 0.6) is 5.75 Å². The fourth-order valence-corrected chi connectivity index (χ4v) is 3.48. The maximum Gasteiger partial charge on any atom is 0.240 e. The van der Waals surface area contributed by atoms with Gasteiger partial charge in [0.2, 0.25) is 15.9 Å². The van der Waals surface area contributed by atoms with Crippen molar-refractivity contribution >= 4 is 21.6 Å². The molecule has 1 fully saturated rings. The molecule has 0 saturated heterocycles. The van der Waals surface area contributed by atoms with Crippen molar-refractivity contribution < 1.29 is 17.9 Å². The highest BCUT2D eigenvalue weighted by Crippen LogP contribution is 2.33. The molecule has 7 heteroatoms. The summed E-state index contributed by atoms with van der Waals surface area (Å²) in [6.07, 6.45) is 2.12. The number of hydrogen-bond acceptors (Lipinski definition) is 4. The summed E-state index contributed by atoms with van der Waals surface area (Å²) >= 11 is 0. The Morgan fingerprint density at radius 3 is 2.57 bits per heavy atom. The lowest BCUT2D eigenvalue weighted by Gasteiger charge is -2.15. The van der Waals surface area contributed by atoms with Crippen molar-refractivity contribution in [1.82, 2.24) is 4.72 Å². The summed E-state index contributed by atoms with van der Waals surface area (Å²) in [5.74, 6) is 0.550. The van der Waals surface area contributed by atoms with Crippen molar-refractivity contribution in [2.24, 2.45) is 5.92 Å². The first-order valence-corrected chi connectivity index (χ1v) is 8.30. The maximum absolute atomic E-state index is 12.3. The molecule has 1 aliphatic rings. The number of carbonyl (C=O) groups is 1. The van der Waals surface area contributed by atoms with Crippen molar-refractivity contribution in [2.75, 3.05) is 12.4 Å². The Morgan fingerprint density at radius 1 is 1.38 bits per heavy atom. The van der Waals surface area contributed by atoms with E-state index in [1.807, 2.05) is 6.92 Å². The molecule has 0 radical (unpaired) electrons. The third-order valence-corrected chi connectivity index (χ3v) is 5.02. The van der Waals surface area contributed by atoms with Gasteiger partial charge in [0.15, 0.2) is 0 Å². The fraction of sp³-hybridized carbons (Fsp3) is 0.500. The zero-order chi connectivity index (χ0) is 15.6. The van der Waals surface area contributed by atoms with Gasteiger partial charge in [-0.15, -0.1) is 0 Å². The van der Waals surface area contributed by atoms with Crippen molar-refractivity contribution in [3.05, 3.63) is 18.2 Å². The summed E-state index contributed by atoms with van der Waals surface area (Å²) in [6, 6.07) is 4.32. The molecular weight excluding hydrogens is 292 g/mol. The van der Waals surface area contributed by atoms with E-state index in [-0.39, 0.29) is 16.8 Å². The molecule has 1 aliphatic carbocycles. The smallest absolute Gasteiger partial charge is 0.240 e. The molecule has 0 aliphatic heterocycles. The number of anilines is 1. The maximum atomic E-state index is 12.3. The highest BCUT2D eigenvalue weighted by atomic mass is 32.2. The van der Waals surface area contributed by atoms with E-state index in [0.29, 0.717) is 17.4 Å². The average Bonchev–Trinajstić information content (AvgIpc) is 3.21. The van der Waals surface area contributed by atoms with Crippen LogP contribution in [0.15, 0.2) is 23.1 Å². The molecule has 1 amide bonds. The summed E-state index contributed by atoms with van der Waals surface area (Å²) in [5, 5.41) is 2.57. The number of hydrogen-bond donors (Lipinski definition) is 2. The average molecular weight is 312 g/mol. The lowest BCUT2D eigenvalue weighted by Crippen LogP contribution is -2.34. The molecule has 1 aromatic rings. The first kappa shape index (κ1) is 15.8. The molecule has 6 nitrogen and oxygen atoms in total. The van der Waals surface area contributed by atoms with E-state index in [1.165, 1.54) is 32.2 Å². The number of amides is 1. The molecular formula is C14H20N2O4S. The summed E-state index contributed by atoms with van der Waals surface area (Å²) in [4.78, 5) is 11.3. The Morgan fingerprint density at radius 2 is 2.05 bits per heavy atom. The van der Waals surface area contributed by atoms with Gasteiger partial charge in [-0.3, -0.25) is 4.79 Å². The van der Waals surface area contributed by atoms with E-state index in [1.54, 1.807) is 0 Å². The topological polar surface area (TPSA) is 84.5 Å². The highest BCUT2D eigenvalue weighted by Gasteiger charge is 2.31. The van der Waals surface area contributed by atoms with E-state index in [2.05, 4.69) is 10.0 Å². The number of nitrogens with one attached hydrogen (secondary N) is 2. The second-order valence-corrected chi connectivity index (χ2v) is 7.00. The fourth-order valence-electron chi connectivity index (χ4n) is 2.15. The minimum Gasteiger partial charge on any atom is -0.495 e. The van der Waals surface area contributed by atoms with Gasteiger partial charge in [0.1, 0.15) is 5.75 Å². The molecule has 1 atom stereocenters. The second kappa shape index (κ2) is 6.03. The summed E-state index contributed by atoms with van der Waals surface area (Å²) in [5.41, 5.74) is 0.340. The van der Waals surface area contributed by atoms with Gasteiger partial charge < -0.3 is 10.1 Å². The van der Waals surface area contributed by atoms with Crippen LogP contribution in [0.1, 0.15) is 26.7 Å². The van der Waals surface area contributed by atoms with Crippen LogP contribution in [0.4, 0.5) is 5.69 Å². The van der Waals surface area contributed by atoms with Crippen LogP contribution in [0.3, 0.4) is 0 Å². The summed E-state index contributed by atoms with van der Waals surface area (Å²) < 4.78 is 32.5. The van der Waals surface area contributed by atoms with E-state index in [0.717, 1.165) is 12.8 Å². The van der Waals surface area contributed by atoms with Gasteiger partial charge in [-0.1, -0.05) is 0 Å². The normalized spacial score (nSPS) is 16.3. The number of benzene rings is 1. The van der Waals surface area contributed by atoms with Gasteiger partial charge in [-0.2, -0.15) is 0 Å². The van der Waals surface area contributed by atoms with E-state index in [9.17, 15) is 13.2 Å². The number of carbonyl (C=O) groups excluding carboxylic acids is 1. The van der Waals surface area contributed by atoms with Crippen LogP contribution in [0, 0.1) is 5.92 Å². The summed E-state index contributed by atoms with van der Waals surface area (Å²) in [7, 11) is -2.14. The lowest BCUT2D eigenvalue weighted by molar-refractivity contribution is -0.114. The summed E-state index contributed by atoms with van der Waals surface area (Å²) in [6.45, 7) is 3.22. The van der Waals surface area contributed by atoms with Gasteiger partial charge in [0, 0.05) is 13.0 Å². The Bertz CT molecular complexity index is 638. The zero-order valence-corrected chi connectivity index (χ0v) is 13.2. The molecule has 116 valence electrons. The van der Waals surface area contributed by atoms with Gasteiger partial charge in [0.05, 0.1) is 17.7 Å². The van der Waals surface area contributed by atoms with E-state index in [4.69, 9.17) is 4.74 Å². The van der Waals surface area contributed by atoms with Crippen LogP contribution >= 0.6 is 0 Å². The number of sulfonamides is 1. The zero-order valence-electron chi connectivity index (χ0n) is 12.3. The minimum absolute atomic E-state index is 0.0821. The first-order chi connectivity index (χ1) is 9.83. The lowest BCUT2D eigenvalue weighted by atomic mass is 10.2. The van der Waals surface area contributed by atoms with Crippen LogP contribution in [0.25, 0.3) is 0 Å². The van der Waals surface area contributed by atoms with Gasteiger partial charge in [-0.25, -0.2) is 13.1 Å². The standard InChI is InChI=1S/C14H20N2O4S/c1-9(11-4-5-11)16-21(18,19)12-6-7-14(20-3)13(8-12)15-10(2)17/h6-9,11,16H,4-5H2,1-3H3,(H,15,17)/t9-/m0/s1. The molecule has 0 bridgehead atoms. The first-order valence-electron chi connectivity index (χ1n) is 6.81. The van der Waals surface area contributed by atoms with Crippen molar-refractivity contribution in [3.63, 3.8) is 0 Å². The Balaban J connectivity index is 2.27. The molecule has 1 aromatic carbocycles. The second-order valence-electron chi connectivity index (χ2n) is 5.29. The van der Waals surface area contributed by atoms with Gasteiger partial charge in [0.25, 0.3) is 0 Å². The minimum atomic E-state index is -3.60. The largest absolute Gasteiger partial charge is 0.495 e. The highest BCUT2D eigenvalue weighted by molar-refractivity contribution is 7.89. The Kier molecular flexibility index (Phi) is 4.53. The van der Waals surface area contributed by atoms with Crippen molar-refractivity contribution in [2.45, 2.75) is 37.6 Å². The Labute approximate surface area is 124 Å². The molecule has 0 heterocycles. The molecule has 0 spiro atoms.